The molecule has 9 heteroatoms. The summed E-state index contributed by atoms with van der Waals surface area (Å²) in [5.41, 5.74) is 1.48. The Hall–Kier alpha value is -2.04. The lowest BCUT2D eigenvalue weighted by atomic mass is 9.87. The van der Waals surface area contributed by atoms with Gasteiger partial charge in [-0.3, -0.25) is 9.69 Å². The molecule has 0 unspecified atom stereocenters. The summed E-state index contributed by atoms with van der Waals surface area (Å²) >= 11 is 1.65. The second-order valence-corrected chi connectivity index (χ2v) is 11.4. The van der Waals surface area contributed by atoms with Gasteiger partial charge in [-0.2, -0.15) is 0 Å². The van der Waals surface area contributed by atoms with Crippen molar-refractivity contribution in [3.8, 4) is 10.6 Å². The van der Waals surface area contributed by atoms with Gasteiger partial charge in [0.15, 0.2) is 0 Å². The van der Waals surface area contributed by atoms with Gasteiger partial charge >= 0.3 is 0 Å². The number of thiophene rings is 1. The first kappa shape index (κ1) is 26.6. The molecule has 1 atom stereocenters. The van der Waals surface area contributed by atoms with E-state index < -0.39 is 0 Å². The molecule has 3 fully saturated rings. The van der Waals surface area contributed by atoms with E-state index in [1.807, 2.05) is 35.5 Å². The lowest BCUT2D eigenvalue weighted by molar-refractivity contribution is -0.0837. The SMILES string of the molecule is CN(C[C@H]1COCCO1)c1nc(-c2cccs2)ccc1C(=O)NCC1(N2CCOCC2)CCCCCC1. The number of amides is 1. The number of hydrogen-bond acceptors (Lipinski definition) is 8. The number of nitrogens with zero attached hydrogens (tertiary/aromatic N) is 3. The zero-order valence-electron chi connectivity index (χ0n) is 22.0. The Kier molecular flexibility index (Phi) is 9.10. The maximum absolute atomic E-state index is 13.7. The van der Waals surface area contributed by atoms with Crippen molar-refractivity contribution in [3.63, 3.8) is 0 Å². The van der Waals surface area contributed by atoms with Crippen LogP contribution in [-0.2, 0) is 14.2 Å². The van der Waals surface area contributed by atoms with Gasteiger partial charge in [-0.15, -0.1) is 11.3 Å². The second kappa shape index (κ2) is 12.7. The number of likely N-dealkylation sites (N-methyl/N-ethyl adjacent to an activating group) is 1. The summed E-state index contributed by atoms with van der Waals surface area (Å²) in [5.74, 6) is 0.614. The molecule has 8 nitrogen and oxygen atoms in total. The number of nitrogens with one attached hydrogen (secondary N) is 1. The first-order valence-electron chi connectivity index (χ1n) is 13.7. The van der Waals surface area contributed by atoms with Gasteiger partial charge in [0.05, 0.1) is 55.3 Å². The molecule has 2 saturated heterocycles. The molecular weight excluding hydrogens is 488 g/mol. The Morgan fingerprint density at radius 3 is 2.62 bits per heavy atom. The van der Waals surface area contributed by atoms with Crippen LogP contribution < -0.4 is 10.2 Å². The standard InChI is InChI=1S/C28H40N4O4S/c1-31(19-22-20-35-16-17-36-22)26-23(8-9-24(30-26)25-7-6-18-37-25)27(33)29-21-28(10-4-2-3-5-11-28)32-12-14-34-15-13-32/h6-9,18,22H,2-5,10-17,19-21H2,1H3,(H,29,33)/t22-/m0/s1. The van der Waals surface area contributed by atoms with E-state index >= 15 is 0 Å². The van der Waals surface area contributed by atoms with Crippen LogP contribution in [0.3, 0.4) is 0 Å². The molecule has 0 spiro atoms. The fourth-order valence-electron chi connectivity index (χ4n) is 5.88. The minimum Gasteiger partial charge on any atom is -0.379 e. The number of morpholine rings is 1. The van der Waals surface area contributed by atoms with Gasteiger partial charge in [-0.25, -0.2) is 4.98 Å². The zero-order valence-corrected chi connectivity index (χ0v) is 22.8. The van der Waals surface area contributed by atoms with Crippen molar-refractivity contribution in [3.05, 3.63) is 35.2 Å². The summed E-state index contributed by atoms with van der Waals surface area (Å²) in [6, 6.07) is 7.97. The van der Waals surface area contributed by atoms with Crippen molar-refractivity contribution < 1.29 is 19.0 Å². The molecule has 37 heavy (non-hydrogen) atoms. The lowest BCUT2D eigenvalue weighted by Gasteiger charge is -2.45. The van der Waals surface area contributed by atoms with Crippen molar-refractivity contribution in [1.29, 1.82) is 0 Å². The molecular formula is C28H40N4O4S. The quantitative estimate of drug-likeness (QED) is 0.522. The molecule has 2 aliphatic heterocycles. The zero-order chi connectivity index (χ0) is 25.5. The fourth-order valence-corrected chi connectivity index (χ4v) is 6.58. The van der Waals surface area contributed by atoms with Gasteiger partial charge in [0.25, 0.3) is 5.91 Å². The van der Waals surface area contributed by atoms with Crippen LogP contribution in [0.1, 0.15) is 48.9 Å². The van der Waals surface area contributed by atoms with E-state index in [1.165, 1.54) is 25.7 Å². The van der Waals surface area contributed by atoms with Crippen LogP contribution in [0, 0.1) is 0 Å². The minimum atomic E-state index is -0.0650. The molecule has 3 aliphatic rings. The van der Waals surface area contributed by atoms with Crippen LogP contribution in [-0.4, -0.2) is 93.7 Å². The largest absolute Gasteiger partial charge is 0.379 e. The van der Waals surface area contributed by atoms with E-state index in [9.17, 15) is 4.79 Å². The topological polar surface area (TPSA) is 76.2 Å². The normalized spacial score (nSPS) is 22.8. The molecule has 2 aromatic rings. The van der Waals surface area contributed by atoms with E-state index in [0.717, 1.165) is 49.7 Å². The van der Waals surface area contributed by atoms with Crippen molar-refractivity contribution in [2.45, 2.75) is 50.2 Å². The Morgan fingerprint density at radius 1 is 1.11 bits per heavy atom. The number of carbonyl (C=O) groups is 1. The molecule has 1 N–H and O–H groups in total. The lowest BCUT2D eigenvalue weighted by Crippen LogP contribution is -2.58. The highest BCUT2D eigenvalue weighted by Crippen LogP contribution is 2.33. The predicted octanol–water partition coefficient (Wildman–Crippen LogP) is 3.82. The van der Waals surface area contributed by atoms with Crippen LogP contribution in [0.15, 0.2) is 29.6 Å². The van der Waals surface area contributed by atoms with E-state index in [4.69, 9.17) is 19.2 Å². The molecule has 4 heterocycles. The summed E-state index contributed by atoms with van der Waals surface area (Å²) < 4.78 is 17.1. The molecule has 5 rings (SSSR count). The van der Waals surface area contributed by atoms with Gasteiger partial charge in [0.2, 0.25) is 0 Å². The molecule has 1 aliphatic carbocycles. The average molecular weight is 529 g/mol. The second-order valence-electron chi connectivity index (χ2n) is 10.4. The summed E-state index contributed by atoms with van der Waals surface area (Å²) in [5, 5.41) is 5.39. The van der Waals surface area contributed by atoms with Gasteiger partial charge in [-0.05, 0) is 36.4 Å². The van der Waals surface area contributed by atoms with Crippen LogP contribution in [0.2, 0.25) is 0 Å². The molecule has 0 aromatic carbocycles. The highest BCUT2D eigenvalue weighted by Gasteiger charge is 2.38. The number of hydrogen-bond donors (Lipinski definition) is 1. The molecule has 202 valence electrons. The maximum atomic E-state index is 13.7. The van der Waals surface area contributed by atoms with E-state index in [1.54, 1.807) is 11.3 Å². The third-order valence-electron chi connectivity index (χ3n) is 7.91. The number of pyridine rings is 1. The van der Waals surface area contributed by atoms with E-state index in [0.29, 0.717) is 44.3 Å². The van der Waals surface area contributed by atoms with Gasteiger partial charge < -0.3 is 24.4 Å². The third kappa shape index (κ3) is 6.52. The molecule has 0 radical (unpaired) electrons. The highest BCUT2D eigenvalue weighted by atomic mass is 32.1. The fraction of sp³-hybridized carbons (Fsp3) is 0.643. The maximum Gasteiger partial charge on any atom is 0.255 e. The Balaban J connectivity index is 1.36. The predicted molar refractivity (Wildman–Crippen MR) is 147 cm³/mol. The van der Waals surface area contributed by atoms with Gasteiger partial charge in [0, 0.05) is 38.8 Å². The van der Waals surface area contributed by atoms with Crippen molar-refractivity contribution >= 4 is 23.1 Å². The number of anilines is 1. The first-order valence-corrected chi connectivity index (χ1v) is 14.6. The summed E-state index contributed by atoms with van der Waals surface area (Å²) in [6.45, 7) is 6.45. The first-order chi connectivity index (χ1) is 18.1. The average Bonchev–Trinajstić information content (AvgIpc) is 3.38. The van der Waals surface area contributed by atoms with Crippen molar-refractivity contribution in [2.24, 2.45) is 0 Å². The summed E-state index contributed by atoms with van der Waals surface area (Å²) in [6.07, 6.45) is 7.16. The number of carbonyl (C=O) groups excluding carboxylic acids is 1. The summed E-state index contributed by atoms with van der Waals surface area (Å²) in [4.78, 5) is 24.4. The van der Waals surface area contributed by atoms with Crippen LogP contribution in [0.5, 0.6) is 0 Å². The Morgan fingerprint density at radius 2 is 1.92 bits per heavy atom. The Bertz CT molecular complexity index is 998. The van der Waals surface area contributed by atoms with Gasteiger partial charge in [0.1, 0.15) is 5.82 Å². The molecule has 1 saturated carbocycles. The molecule has 0 bridgehead atoms. The van der Waals surface area contributed by atoms with Crippen LogP contribution in [0.4, 0.5) is 5.82 Å². The number of ether oxygens (including phenoxy) is 3. The van der Waals surface area contributed by atoms with Crippen molar-refractivity contribution in [2.75, 3.05) is 71.2 Å². The Labute approximate surface area is 224 Å². The van der Waals surface area contributed by atoms with Gasteiger partial charge in [-0.1, -0.05) is 31.7 Å². The van der Waals surface area contributed by atoms with Crippen LogP contribution in [0.25, 0.3) is 10.6 Å². The summed E-state index contributed by atoms with van der Waals surface area (Å²) in [7, 11) is 1.98. The van der Waals surface area contributed by atoms with Crippen molar-refractivity contribution in [1.82, 2.24) is 15.2 Å². The minimum absolute atomic E-state index is 0.000378. The smallest absolute Gasteiger partial charge is 0.255 e. The van der Waals surface area contributed by atoms with Crippen LogP contribution >= 0.6 is 11.3 Å². The van der Waals surface area contributed by atoms with E-state index in [2.05, 4.69) is 16.3 Å². The monoisotopic (exact) mass is 528 g/mol. The third-order valence-corrected chi connectivity index (χ3v) is 8.80. The molecule has 2 aromatic heterocycles. The molecule has 1 amide bonds. The van der Waals surface area contributed by atoms with E-state index in [-0.39, 0.29) is 17.6 Å². The number of aromatic nitrogens is 1. The highest BCUT2D eigenvalue weighted by molar-refractivity contribution is 7.13. The number of rotatable bonds is 8.